The van der Waals surface area contributed by atoms with Crippen LogP contribution in [-0.4, -0.2) is 44.9 Å². The molecule has 3 rings (SSSR count). The first-order valence-electron chi connectivity index (χ1n) is 7.65. The van der Waals surface area contributed by atoms with Gasteiger partial charge in [0.05, 0.1) is 6.54 Å². The van der Waals surface area contributed by atoms with E-state index in [1.54, 1.807) is 19.2 Å². The summed E-state index contributed by atoms with van der Waals surface area (Å²) in [6.07, 6.45) is 6.57. The van der Waals surface area contributed by atoms with Crippen LogP contribution in [0.25, 0.3) is 0 Å². The second-order valence-electron chi connectivity index (χ2n) is 5.68. The van der Waals surface area contributed by atoms with E-state index in [0.717, 1.165) is 26.1 Å². The number of hydrogen-bond donors (Lipinski definition) is 1. The molecule has 7 heteroatoms. The molecule has 1 amide bonds. The molecule has 1 N–H and O–H groups in total. The molecule has 1 aliphatic heterocycles. The number of anilines is 1. The predicted octanol–water partition coefficient (Wildman–Crippen LogP) is 1.67. The third-order valence-electron chi connectivity index (χ3n) is 3.98. The summed E-state index contributed by atoms with van der Waals surface area (Å²) < 4.78 is 6.89. The lowest BCUT2D eigenvalue weighted by Gasteiger charge is -2.24. The Hall–Kier alpha value is -2.15. The fourth-order valence-electron chi connectivity index (χ4n) is 2.90. The van der Waals surface area contributed by atoms with Gasteiger partial charge in [0.25, 0.3) is 0 Å². The molecule has 0 aliphatic carbocycles. The largest absolute Gasteiger partial charge is 0.360 e. The molecular weight excluding hydrogens is 282 g/mol. The minimum Gasteiger partial charge on any atom is -0.360 e. The van der Waals surface area contributed by atoms with Crippen molar-refractivity contribution in [1.29, 1.82) is 0 Å². The first-order chi connectivity index (χ1) is 10.7. The Balaban J connectivity index is 1.46. The fraction of sp³-hybridized carbons (Fsp3) is 0.533. The van der Waals surface area contributed by atoms with Crippen molar-refractivity contribution < 1.29 is 9.32 Å². The Labute approximate surface area is 129 Å². The number of carbonyl (C=O) groups excluding carboxylic acids is 1. The number of nitrogens with zero attached hydrogens (tertiary/aromatic N) is 4. The number of nitrogens with one attached hydrogen (secondary N) is 1. The summed E-state index contributed by atoms with van der Waals surface area (Å²) in [7, 11) is 0. The third-order valence-corrected chi connectivity index (χ3v) is 3.98. The lowest BCUT2D eigenvalue weighted by molar-refractivity contribution is -0.116. The number of aromatic nitrogens is 3. The highest BCUT2D eigenvalue weighted by atomic mass is 16.5. The maximum absolute atomic E-state index is 12.0. The topological polar surface area (TPSA) is 76.2 Å². The second-order valence-corrected chi connectivity index (χ2v) is 5.68. The highest BCUT2D eigenvalue weighted by Gasteiger charge is 2.25. The smallest absolute Gasteiger partial charge is 0.226 e. The fourth-order valence-corrected chi connectivity index (χ4v) is 2.90. The van der Waals surface area contributed by atoms with Crippen molar-refractivity contribution in [2.75, 3.05) is 18.4 Å². The van der Waals surface area contributed by atoms with Crippen molar-refractivity contribution in [2.24, 2.45) is 0 Å². The van der Waals surface area contributed by atoms with Gasteiger partial charge in [-0.05, 0) is 32.4 Å². The van der Waals surface area contributed by atoms with Crippen molar-refractivity contribution in [3.63, 3.8) is 0 Å². The molecule has 1 saturated heterocycles. The minimum atomic E-state index is -0.0296. The SMILES string of the molecule is Cc1cc(NC(=O)CCN2CCC[C@@H]2Cn2cccn2)no1. The van der Waals surface area contributed by atoms with Gasteiger partial charge in [-0.1, -0.05) is 5.16 Å². The molecule has 3 heterocycles. The summed E-state index contributed by atoms with van der Waals surface area (Å²) in [5, 5.41) is 10.8. The minimum absolute atomic E-state index is 0.0296. The number of amides is 1. The van der Waals surface area contributed by atoms with Gasteiger partial charge < -0.3 is 9.84 Å². The van der Waals surface area contributed by atoms with Gasteiger partial charge in [-0.25, -0.2) is 0 Å². The molecule has 0 spiro atoms. The summed E-state index contributed by atoms with van der Waals surface area (Å²) in [4.78, 5) is 14.3. The maximum Gasteiger partial charge on any atom is 0.226 e. The van der Waals surface area contributed by atoms with Crippen LogP contribution in [0, 0.1) is 6.92 Å². The van der Waals surface area contributed by atoms with Crippen molar-refractivity contribution in [1.82, 2.24) is 19.8 Å². The number of hydrogen-bond acceptors (Lipinski definition) is 5. The molecule has 1 fully saturated rings. The highest BCUT2D eigenvalue weighted by molar-refractivity contribution is 5.89. The van der Waals surface area contributed by atoms with Crippen LogP contribution in [0.1, 0.15) is 25.0 Å². The number of likely N-dealkylation sites (tertiary alicyclic amines) is 1. The summed E-state index contributed by atoms with van der Waals surface area (Å²) in [6.45, 7) is 4.49. The number of rotatable bonds is 6. The van der Waals surface area contributed by atoms with Gasteiger partial charge in [0.2, 0.25) is 5.91 Å². The summed E-state index contributed by atoms with van der Waals surface area (Å²) >= 11 is 0. The van der Waals surface area contributed by atoms with Gasteiger partial charge in [-0.3, -0.25) is 14.4 Å². The van der Waals surface area contributed by atoms with Crippen LogP contribution in [0.5, 0.6) is 0 Å². The van der Waals surface area contributed by atoms with E-state index in [2.05, 4.69) is 20.5 Å². The van der Waals surface area contributed by atoms with Crippen LogP contribution in [0.2, 0.25) is 0 Å². The van der Waals surface area contributed by atoms with Gasteiger partial charge in [-0.15, -0.1) is 0 Å². The standard InChI is InChI=1S/C15H21N5O2/c1-12-10-14(18-22-12)17-15(21)5-9-19-7-2-4-13(19)11-20-8-3-6-16-20/h3,6,8,10,13H,2,4-5,7,9,11H2,1H3,(H,17,18,21)/t13-/m1/s1. The van der Waals surface area contributed by atoms with E-state index in [-0.39, 0.29) is 5.91 Å². The molecule has 2 aromatic heterocycles. The first-order valence-corrected chi connectivity index (χ1v) is 7.65. The summed E-state index contributed by atoms with van der Waals surface area (Å²) in [5.74, 6) is 1.14. The second kappa shape index (κ2) is 6.74. The van der Waals surface area contributed by atoms with Crippen molar-refractivity contribution in [2.45, 2.75) is 38.8 Å². The summed E-state index contributed by atoms with van der Waals surface area (Å²) in [6, 6.07) is 4.11. The van der Waals surface area contributed by atoms with Gasteiger partial charge in [-0.2, -0.15) is 5.10 Å². The van der Waals surface area contributed by atoms with E-state index in [1.165, 1.54) is 6.42 Å². The van der Waals surface area contributed by atoms with Gasteiger partial charge in [0.1, 0.15) is 5.76 Å². The van der Waals surface area contributed by atoms with Crippen molar-refractivity contribution in [3.8, 4) is 0 Å². The Morgan fingerprint density at radius 3 is 3.18 bits per heavy atom. The first kappa shape index (κ1) is 14.8. The molecule has 0 unspecified atom stereocenters. The molecule has 118 valence electrons. The van der Waals surface area contributed by atoms with Gasteiger partial charge in [0, 0.05) is 37.5 Å². The van der Waals surface area contributed by atoms with E-state index in [0.29, 0.717) is 24.0 Å². The average Bonchev–Trinajstić information content (AvgIpc) is 3.21. The van der Waals surface area contributed by atoms with E-state index in [9.17, 15) is 4.79 Å². The molecule has 0 radical (unpaired) electrons. The van der Waals surface area contributed by atoms with E-state index >= 15 is 0 Å². The quantitative estimate of drug-likeness (QED) is 0.878. The lowest BCUT2D eigenvalue weighted by Crippen LogP contribution is -2.35. The summed E-state index contributed by atoms with van der Waals surface area (Å²) in [5.41, 5.74) is 0. The normalized spacial score (nSPS) is 18.7. The molecule has 0 saturated carbocycles. The highest BCUT2D eigenvalue weighted by Crippen LogP contribution is 2.19. The van der Waals surface area contributed by atoms with E-state index in [4.69, 9.17) is 4.52 Å². The van der Waals surface area contributed by atoms with Gasteiger partial charge >= 0.3 is 0 Å². The Morgan fingerprint density at radius 1 is 1.55 bits per heavy atom. The van der Waals surface area contributed by atoms with E-state index in [1.807, 2.05) is 16.9 Å². The Bertz CT molecular complexity index is 607. The average molecular weight is 303 g/mol. The lowest BCUT2D eigenvalue weighted by atomic mass is 10.2. The van der Waals surface area contributed by atoms with Crippen LogP contribution in [-0.2, 0) is 11.3 Å². The molecule has 1 atom stereocenters. The maximum atomic E-state index is 12.0. The van der Waals surface area contributed by atoms with E-state index < -0.39 is 0 Å². The van der Waals surface area contributed by atoms with Crippen LogP contribution >= 0.6 is 0 Å². The zero-order valence-corrected chi connectivity index (χ0v) is 12.7. The number of carbonyl (C=O) groups is 1. The van der Waals surface area contributed by atoms with Crippen molar-refractivity contribution in [3.05, 3.63) is 30.3 Å². The predicted molar refractivity (Wildman–Crippen MR) is 81.3 cm³/mol. The zero-order chi connectivity index (χ0) is 15.4. The van der Waals surface area contributed by atoms with Gasteiger partial charge in [0.15, 0.2) is 5.82 Å². The zero-order valence-electron chi connectivity index (χ0n) is 12.7. The van der Waals surface area contributed by atoms with Crippen LogP contribution in [0.4, 0.5) is 5.82 Å². The third kappa shape index (κ3) is 3.73. The number of aryl methyl sites for hydroxylation is 1. The van der Waals surface area contributed by atoms with Crippen molar-refractivity contribution >= 4 is 11.7 Å². The Morgan fingerprint density at radius 2 is 2.45 bits per heavy atom. The van der Waals surface area contributed by atoms with Crippen LogP contribution in [0.15, 0.2) is 29.0 Å². The monoisotopic (exact) mass is 303 g/mol. The molecule has 2 aromatic rings. The molecule has 1 aliphatic rings. The Kier molecular flexibility index (Phi) is 4.53. The molecule has 0 bridgehead atoms. The molecule has 7 nitrogen and oxygen atoms in total. The molecule has 22 heavy (non-hydrogen) atoms. The van der Waals surface area contributed by atoms with Crippen LogP contribution in [0.3, 0.4) is 0 Å². The molecular formula is C15H21N5O2. The van der Waals surface area contributed by atoms with Crippen LogP contribution < -0.4 is 5.32 Å². The molecule has 0 aromatic carbocycles.